The summed E-state index contributed by atoms with van der Waals surface area (Å²) in [6, 6.07) is 0. The van der Waals surface area contributed by atoms with Crippen LogP contribution in [0, 0.1) is 62.3 Å². The van der Waals surface area contributed by atoms with Crippen LogP contribution in [0.5, 0.6) is 0 Å². The van der Waals surface area contributed by atoms with Gasteiger partial charge in [-0.15, -0.1) is 0 Å². The van der Waals surface area contributed by atoms with E-state index in [1.165, 1.54) is 24.4 Å². The molecule has 0 spiro atoms. The van der Waals surface area contributed by atoms with E-state index in [4.69, 9.17) is 36.2 Å². The molecule has 0 saturated carbocycles. The Morgan fingerprint density at radius 3 is 0.912 bits per heavy atom. The largest absolute Gasteiger partial charge is 3.00 e. The van der Waals surface area contributed by atoms with Gasteiger partial charge >= 0.3 is 17.1 Å². The first-order valence-corrected chi connectivity index (χ1v) is 5.17. The molecule has 0 fully saturated rings. The van der Waals surface area contributed by atoms with E-state index in [0.29, 0.717) is 0 Å². The average molecular weight is 665 g/mol. The minimum Gasteiger partial charge on any atom is -0.644 e. The van der Waals surface area contributed by atoms with Crippen molar-refractivity contribution < 1.29 is 169 Å². The third kappa shape index (κ3) is 69.9. The van der Waals surface area contributed by atoms with Crippen LogP contribution in [-0.4, -0.2) is 10.5 Å². The van der Waals surface area contributed by atoms with Crippen molar-refractivity contribution in [2.75, 3.05) is 0 Å². The summed E-state index contributed by atoms with van der Waals surface area (Å²) in [5.74, 6) is 0. The molecule has 0 atom stereocenters. The summed E-state index contributed by atoms with van der Waals surface area (Å²) in [5, 5.41) is 55.4. The van der Waals surface area contributed by atoms with Crippen LogP contribution < -0.4 is 0 Å². The van der Waals surface area contributed by atoms with Gasteiger partial charge in [-0.25, -0.2) is 20.3 Å². The molecule has 2 N–H and O–H groups in total. The van der Waals surface area contributed by atoms with Gasteiger partial charge in [0.25, 0.3) is 0 Å². The molecule has 0 bridgehead atoms. The maximum atomic E-state index is 7.23. The maximum absolute atomic E-state index is 7.23. The third-order valence-electron chi connectivity index (χ3n) is 0.723. The first-order chi connectivity index (χ1) is 14.7. The molecule has 0 aliphatic heterocycles. The van der Waals surface area contributed by atoms with Crippen molar-refractivity contribution >= 4 is 0 Å². The van der Waals surface area contributed by atoms with Crippen LogP contribution in [0.15, 0.2) is 0 Å². The van der Waals surface area contributed by atoms with E-state index in [9.17, 15) is 0 Å². The smallest absolute Gasteiger partial charge is 0.644 e. The normalized spacial score (nSPS) is 6.65. The van der Waals surface area contributed by atoms with Gasteiger partial charge in [-0.1, -0.05) is 24.4 Å². The van der Waals surface area contributed by atoms with Gasteiger partial charge < -0.3 is 25.7 Å². The van der Waals surface area contributed by atoms with E-state index >= 15 is 0 Å². The molecule has 0 aromatic rings. The van der Waals surface area contributed by atoms with Crippen molar-refractivity contribution in [2.24, 2.45) is 0 Å². The summed E-state index contributed by atoms with van der Waals surface area (Å²) in [6.45, 7) is 0. The van der Waals surface area contributed by atoms with Gasteiger partial charge in [-0.2, -0.15) is 0 Å². The van der Waals surface area contributed by atoms with E-state index in [2.05, 4.69) is 89.8 Å². The van der Waals surface area contributed by atoms with Gasteiger partial charge in [0.1, 0.15) is 0 Å². The zero-order chi connectivity index (χ0) is 23.0. The standard InChI is InChI=1S/C6O12.2C2HO4.4Fe/c1-3-7-11-13-9-5-6-10-14-16-18-17-15-12-8-4-2;2*1-2-4-6-5-3;;;;/h;2*3H;;;;/q-2;2*-1;;;;+3. The van der Waals surface area contributed by atoms with Crippen LogP contribution in [0.1, 0.15) is 0 Å². The molecule has 0 rings (SSSR count). The quantitative estimate of drug-likeness (QED) is 0.0576. The van der Waals surface area contributed by atoms with E-state index in [1.807, 2.05) is 0 Å². The minimum absolute atomic E-state index is 0. The molecule has 0 aliphatic rings. The van der Waals surface area contributed by atoms with E-state index in [-0.39, 0.29) is 68.3 Å². The number of hydrogen-bond acceptors (Lipinski definition) is 20. The minimum atomic E-state index is 0. The van der Waals surface area contributed by atoms with Crippen molar-refractivity contribution in [3.05, 3.63) is 25.7 Å². The molecule has 1 radical (unpaired) electrons. The first kappa shape index (κ1) is 49.3. The third-order valence-corrected chi connectivity index (χ3v) is 0.723. The SMILES string of the molecule is [C-]#COOOO.[C-]#COOOO.[C-]#COOOOC#COOOOOOOOC#[C-].[Fe+3].[Fe].[Fe].[Fe]. The molecule has 34 heavy (non-hydrogen) atoms. The first-order valence-electron chi connectivity index (χ1n) is 5.17. The Kier molecular flexibility index (Phi) is 83.7. The van der Waals surface area contributed by atoms with Gasteiger partial charge in [0, 0.05) is 102 Å². The summed E-state index contributed by atoms with van der Waals surface area (Å²) in [6.07, 6.45) is 32.7. The molecule has 0 saturated heterocycles. The molecule has 0 aromatic heterocycles. The second kappa shape index (κ2) is 57.7. The fourth-order valence-corrected chi connectivity index (χ4v) is 0.267. The second-order valence-corrected chi connectivity index (χ2v) is 1.94. The zero-order valence-corrected chi connectivity index (χ0v) is 19.1. The molecule has 0 aliphatic carbocycles. The molecule has 24 heteroatoms. The zero-order valence-electron chi connectivity index (χ0n) is 14.7. The van der Waals surface area contributed by atoms with Crippen LogP contribution in [-0.2, 0) is 158 Å². The molecule has 0 heterocycles. The van der Waals surface area contributed by atoms with E-state index < -0.39 is 0 Å². The van der Waals surface area contributed by atoms with Crippen molar-refractivity contribution in [3.63, 3.8) is 0 Å². The summed E-state index contributed by atoms with van der Waals surface area (Å²) in [5.41, 5.74) is 0. The van der Waals surface area contributed by atoms with E-state index in [0.717, 1.165) is 0 Å². The monoisotopic (exact) mass is 666 g/mol. The van der Waals surface area contributed by atoms with Crippen molar-refractivity contribution in [2.45, 2.75) is 0 Å². The molecule has 0 amide bonds. The Labute approximate surface area is 230 Å². The summed E-state index contributed by atoms with van der Waals surface area (Å²) < 4.78 is 0. The van der Waals surface area contributed by atoms with Crippen LogP contribution in [0.3, 0.4) is 0 Å². The van der Waals surface area contributed by atoms with E-state index in [1.54, 1.807) is 12.2 Å². The molecular formula is C10H2Fe4O20-. The molecular weight excluding hydrogens is 663 g/mol. The van der Waals surface area contributed by atoms with Crippen LogP contribution in [0.4, 0.5) is 0 Å². The molecule has 195 valence electrons. The maximum Gasteiger partial charge on any atom is 3.00 e. The molecule has 20 nitrogen and oxygen atoms in total. The Bertz CT molecular complexity index is 554. The van der Waals surface area contributed by atoms with Crippen LogP contribution in [0.2, 0.25) is 0 Å². The van der Waals surface area contributed by atoms with Gasteiger partial charge in [-0.05, 0) is 10.1 Å². The Morgan fingerprint density at radius 1 is 0.382 bits per heavy atom. The van der Waals surface area contributed by atoms with Crippen molar-refractivity contribution in [3.8, 4) is 36.6 Å². The van der Waals surface area contributed by atoms with Crippen molar-refractivity contribution in [1.29, 1.82) is 0 Å². The van der Waals surface area contributed by atoms with Gasteiger partial charge in [0.05, 0.1) is 0 Å². The Morgan fingerprint density at radius 2 is 0.618 bits per heavy atom. The molecule has 0 unspecified atom stereocenters. The fourth-order valence-electron chi connectivity index (χ4n) is 0.267. The number of rotatable bonds is 14. The van der Waals surface area contributed by atoms with Gasteiger partial charge in [0.2, 0.25) is 12.2 Å². The predicted octanol–water partition coefficient (Wildman–Crippen LogP) is -0.888. The van der Waals surface area contributed by atoms with Crippen LogP contribution in [0.25, 0.3) is 0 Å². The summed E-state index contributed by atoms with van der Waals surface area (Å²) in [7, 11) is 0. The summed E-state index contributed by atoms with van der Waals surface area (Å²) >= 11 is 0. The Hall–Kier alpha value is -1.88. The number of hydrogen-bond donors (Lipinski definition) is 2. The van der Waals surface area contributed by atoms with Crippen molar-refractivity contribution in [1.82, 2.24) is 0 Å². The van der Waals surface area contributed by atoms with Gasteiger partial charge in [0.15, 0.2) is 0 Å². The molecule has 0 aromatic carbocycles. The second-order valence-electron chi connectivity index (χ2n) is 1.94. The predicted molar refractivity (Wildman–Crippen MR) is 61.1 cm³/mol. The van der Waals surface area contributed by atoms with Gasteiger partial charge in [-0.3, -0.25) is 19.6 Å². The Balaban J connectivity index is -0.0000000767. The topological polar surface area (TPSA) is 207 Å². The summed E-state index contributed by atoms with van der Waals surface area (Å²) in [4.78, 5) is 21.8. The fraction of sp³-hybridized carbons (Fsp3) is 0. The average Bonchev–Trinajstić information content (AvgIpc) is 2.77. The van der Waals surface area contributed by atoms with Crippen LogP contribution >= 0.6 is 0 Å².